The molecule has 2 amide bonds. The molecule has 7 nitrogen and oxygen atoms in total. The highest BCUT2D eigenvalue weighted by atomic mass is 16.2. The minimum Gasteiger partial charge on any atom is -0.351 e. The summed E-state index contributed by atoms with van der Waals surface area (Å²) in [7, 11) is 0. The van der Waals surface area contributed by atoms with E-state index in [4.69, 9.17) is 5.73 Å². The van der Waals surface area contributed by atoms with Gasteiger partial charge in [-0.25, -0.2) is 14.8 Å². The lowest BCUT2D eigenvalue weighted by Crippen LogP contribution is -2.50. The summed E-state index contributed by atoms with van der Waals surface area (Å²) in [6.45, 7) is 3.80. The van der Waals surface area contributed by atoms with Crippen LogP contribution in [0.5, 0.6) is 0 Å². The van der Waals surface area contributed by atoms with E-state index in [0.29, 0.717) is 13.1 Å². The number of carbonyl (C=O) groups excluding carboxylic acids is 1. The fraction of sp³-hybridized carbons (Fsp3) is 0.250. The zero-order chi connectivity index (χ0) is 18.6. The summed E-state index contributed by atoms with van der Waals surface area (Å²) in [5, 5.41) is 5.53. The van der Waals surface area contributed by atoms with Crippen LogP contribution in [0, 0.1) is 0 Å². The van der Waals surface area contributed by atoms with Crippen LogP contribution in [0.1, 0.15) is 5.56 Å². The standard InChI is InChI=1S/C20H22N6O/c21-20(27)26-9-7-25(8-10-26)14-15-5-6-22-18(11-15)24-19-12-16-3-1-2-4-17(16)13-23-19/h1-6,11-13H,7-10,14H2,(H2,21,27)(H,22,23,24). The predicted molar refractivity (Wildman–Crippen MR) is 106 cm³/mol. The van der Waals surface area contributed by atoms with Crippen molar-refractivity contribution in [3.8, 4) is 0 Å². The van der Waals surface area contributed by atoms with Crippen LogP contribution in [0.15, 0.2) is 54.9 Å². The van der Waals surface area contributed by atoms with E-state index in [-0.39, 0.29) is 6.03 Å². The Bertz CT molecular complexity index is 952. The van der Waals surface area contributed by atoms with E-state index >= 15 is 0 Å². The van der Waals surface area contributed by atoms with Crippen molar-refractivity contribution in [2.45, 2.75) is 6.54 Å². The molecule has 7 heteroatoms. The molecule has 1 fully saturated rings. The molecule has 4 rings (SSSR count). The maximum atomic E-state index is 11.2. The molecular formula is C20H22N6O. The van der Waals surface area contributed by atoms with Crippen LogP contribution in [-0.2, 0) is 6.54 Å². The number of primary amides is 1. The van der Waals surface area contributed by atoms with Gasteiger partial charge in [0.2, 0.25) is 0 Å². The Morgan fingerprint density at radius 3 is 2.52 bits per heavy atom. The number of piperazine rings is 1. The Balaban J connectivity index is 1.42. The number of carbonyl (C=O) groups is 1. The predicted octanol–water partition coefficient (Wildman–Crippen LogP) is 2.57. The molecule has 0 atom stereocenters. The summed E-state index contributed by atoms with van der Waals surface area (Å²) in [5.41, 5.74) is 6.51. The molecule has 0 saturated carbocycles. The summed E-state index contributed by atoms with van der Waals surface area (Å²) in [6, 6.07) is 13.9. The van der Waals surface area contributed by atoms with Crippen LogP contribution < -0.4 is 11.1 Å². The normalized spacial score (nSPS) is 15.0. The first-order chi connectivity index (χ1) is 13.2. The first kappa shape index (κ1) is 17.2. The molecule has 0 spiro atoms. The topological polar surface area (TPSA) is 87.4 Å². The maximum absolute atomic E-state index is 11.2. The first-order valence-corrected chi connectivity index (χ1v) is 9.01. The van der Waals surface area contributed by atoms with Crippen LogP contribution in [0.25, 0.3) is 10.8 Å². The van der Waals surface area contributed by atoms with Crippen molar-refractivity contribution in [3.05, 3.63) is 60.4 Å². The summed E-state index contributed by atoms with van der Waals surface area (Å²) < 4.78 is 0. The quantitative estimate of drug-likeness (QED) is 0.745. The molecule has 2 aromatic heterocycles. The van der Waals surface area contributed by atoms with Crippen molar-refractivity contribution in [3.63, 3.8) is 0 Å². The van der Waals surface area contributed by atoms with E-state index in [2.05, 4.69) is 26.3 Å². The number of benzene rings is 1. The molecule has 0 unspecified atom stereocenters. The van der Waals surface area contributed by atoms with Gasteiger partial charge in [-0.05, 0) is 29.1 Å². The van der Waals surface area contributed by atoms with Gasteiger partial charge < -0.3 is 16.0 Å². The summed E-state index contributed by atoms with van der Waals surface area (Å²) >= 11 is 0. The molecule has 0 radical (unpaired) electrons. The number of fused-ring (bicyclic) bond motifs is 1. The van der Waals surface area contributed by atoms with Crippen molar-refractivity contribution >= 4 is 28.4 Å². The highest BCUT2D eigenvalue weighted by Gasteiger charge is 2.19. The summed E-state index contributed by atoms with van der Waals surface area (Å²) in [5.74, 6) is 1.54. The fourth-order valence-corrected chi connectivity index (χ4v) is 3.31. The molecular weight excluding hydrogens is 340 g/mol. The number of hydrogen-bond donors (Lipinski definition) is 2. The van der Waals surface area contributed by atoms with Crippen LogP contribution in [-0.4, -0.2) is 52.0 Å². The molecule has 0 bridgehead atoms. The molecule has 3 heterocycles. The van der Waals surface area contributed by atoms with Crippen molar-refractivity contribution in [1.82, 2.24) is 19.8 Å². The third-order valence-corrected chi connectivity index (χ3v) is 4.80. The van der Waals surface area contributed by atoms with Crippen molar-refractivity contribution < 1.29 is 4.79 Å². The van der Waals surface area contributed by atoms with Crippen molar-refractivity contribution in [2.24, 2.45) is 5.73 Å². The lowest BCUT2D eigenvalue weighted by Gasteiger charge is -2.33. The Morgan fingerprint density at radius 1 is 1.00 bits per heavy atom. The zero-order valence-corrected chi connectivity index (χ0v) is 15.0. The van der Waals surface area contributed by atoms with E-state index in [1.807, 2.05) is 42.6 Å². The van der Waals surface area contributed by atoms with E-state index in [0.717, 1.165) is 42.0 Å². The number of rotatable bonds is 4. The molecule has 138 valence electrons. The summed E-state index contributed by atoms with van der Waals surface area (Å²) in [6.07, 6.45) is 3.66. The van der Waals surface area contributed by atoms with Gasteiger partial charge in [0, 0.05) is 50.5 Å². The number of hydrogen-bond acceptors (Lipinski definition) is 5. The molecule has 0 aliphatic carbocycles. The number of anilines is 2. The van der Waals surface area contributed by atoms with Gasteiger partial charge in [0.1, 0.15) is 11.6 Å². The number of urea groups is 1. The van der Waals surface area contributed by atoms with Gasteiger partial charge >= 0.3 is 6.03 Å². The smallest absolute Gasteiger partial charge is 0.314 e. The van der Waals surface area contributed by atoms with Gasteiger partial charge in [-0.3, -0.25) is 4.90 Å². The number of pyridine rings is 2. The molecule has 1 aromatic carbocycles. The second-order valence-electron chi connectivity index (χ2n) is 6.69. The zero-order valence-electron chi connectivity index (χ0n) is 15.0. The molecule has 27 heavy (non-hydrogen) atoms. The average molecular weight is 362 g/mol. The van der Waals surface area contributed by atoms with Crippen LogP contribution >= 0.6 is 0 Å². The van der Waals surface area contributed by atoms with Crippen LogP contribution in [0.3, 0.4) is 0 Å². The number of amides is 2. The monoisotopic (exact) mass is 362 g/mol. The molecule has 1 aliphatic heterocycles. The van der Waals surface area contributed by atoms with Crippen LogP contribution in [0.2, 0.25) is 0 Å². The van der Waals surface area contributed by atoms with E-state index in [9.17, 15) is 4.79 Å². The third-order valence-electron chi connectivity index (χ3n) is 4.80. The molecule has 3 N–H and O–H groups in total. The fourth-order valence-electron chi connectivity index (χ4n) is 3.31. The Morgan fingerprint density at radius 2 is 1.74 bits per heavy atom. The largest absolute Gasteiger partial charge is 0.351 e. The van der Waals surface area contributed by atoms with Crippen molar-refractivity contribution in [2.75, 3.05) is 31.5 Å². The van der Waals surface area contributed by atoms with Gasteiger partial charge in [-0.15, -0.1) is 0 Å². The second kappa shape index (κ2) is 7.59. The lowest BCUT2D eigenvalue weighted by molar-refractivity contribution is 0.140. The van der Waals surface area contributed by atoms with Gasteiger partial charge in [0.15, 0.2) is 0 Å². The van der Waals surface area contributed by atoms with Gasteiger partial charge in [0.05, 0.1) is 0 Å². The van der Waals surface area contributed by atoms with Gasteiger partial charge in [0.25, 0.3) is 0 Å². The molecule has 1 aliphatic rings. The third kappa shape index (κ3) is 4.15. The SMILES string of the molecule is NC(=O)N1CCN(Cc2ccnc(Nc3cc4ccccc4cn3)c2)CC1. The van der Waals surface area contributed by atoms with Gasteiger partial charge in [-0.2, -0.15) is 0 Å². The second-order valence-corrected chi connectivity index (χ2v) is 6.69. The van der Waals surface area contributed by atoms with E-state index < -0.39 is 0 Å². The van der Waals surface area contributed by atoms with Gasteiger partial charge in [-0.1, -0.05) is 24.3 Å². The Hall–Kier alpha value is -3.19. The average Bonchev–Trinajstić information content (AvgIpc) is 2.69. The Labute approximate surface area is 157 Å². The first-order valence-electron chi connectivity index (χ1n) is 9.01. The van der Waals surface area contributed by atoms with Crippen molar-refractivity contribution in [1.29, 1.82) is 0 Å². The van der Waals surface area contributed by atoms with E-state index in [1.165, 1.54) is 5.56 Å². The molecule has 3 aromatic rings. The highest BCUT2D eigenvalue weighted by Crippen LogP contribution is 2.20. The maximum Gasteiger partial charge on any atom is 0.314 e. The minimum atomic E-state index is -0.340. The number of nitrogens with zero attached hydrogens (tertiary/aromatic N) is 4. The number of nitrogens with one attached hydrogen (secondary N) is 1. The highest BCUT2D eigenvalue weighted by molar-refractivity contribution is 5.84. The van der Waals surface area contributed by atoms with Crippen LogP contribution in [0.4, 0.5) is 16.4 Å². The van der Waals surface area contributed by atoms with E-state index in [1.54, 1.807) is 11.1 Å². The lowest BCUT2D eigenvalue weighted by atomic mass is 10.2. The molecule has 1 saturated heterocycles. The Kier molecular flexibility index (Phi) is 4.84. The minimum absolute atomic E-state index is 0.340. The number of aromatic nitrogens is 2. The number of nitrogens with two attached hydrogens (primary N) is 1. The summed E-state index contributed by atoms with van der Waals surface area (Å²) in [4.78, 5) is 24.1.